The lowest BCUT2D eigenvalue weighted by Crippen LogP contribution is -2.55. The van der Waals surface area contributed by atoms with Crippen molar-refractivity contribution in [2.24, 2.45) is 58.2 Å². The van der Waals surface area contributed by atoms with Gasteiger partial charge in [0.05, 0.1) is 54.0 Å². The third kappa shape index (κ3) is 13.0. The number of fused-ring (bicyclic) bond motifs is 1. The molecular formula is C56H98N8O10. The van der Waals surface area contributed by atoms with Gasteiger partial charge in [-0.3, -0.25) is 48.7 Å². The third-order valence-corrected chi connectivity index (χ3v) is 18.3. The predicted octanol–water partition coefficient (Wildman–Crippen LogP) is 5.72. The molecule has 422 valence electrons. The number of piperidine rings is 1. The summed E-state index contributed by atoms with van der Waals surface area (Å²) in [6.07, 6.45) is 6.51. The number of methoxy groups -OCH3 is 2. The Hall–Kier alpha value is -4.00. The largest absolute Gasteiger partial charge is 0.381 e. The number of carbonyl (C=O) groups excluding carboxylic acids is 8. The maximum atomic E-state index is 14.4. The molecular weight excluding hydrogens is 945 g/mol. The normalized spacial score (nSPS) is 27.5. The van der Waals surface area contributed by atoms with Gasteiger partial charge in [-0.05, 0) is 106 Å². The highest BCUT2D eigenvalue weighted by atomic mass is 16.5. The van der Waals surface area contributed by atoms with E-state index in [2.05, 4.69) is 40.8 Å². The zero-order valence-corrected chi connectivity index (χ0v) is 48.2. The summed E-state index contributed by atoms with van der Waals surface area (Å²) in [5.41, 5.74) is 3.07. The summed E-state index contributed by atoms with van der Waals surface area (Å²) < 4.78 is 12.1. The van der Waals surface area contributed by atoms with Crippen LogP contribution in [0.2, 0.25) is 0 Å². The second-order valence-electron chi connectivity index (χ2n) is 23.4. The maximum absolute atomic E-state index is 14.4. The zero-order valence-electron chi connectivity index (χ0n) is 48.2. The number of hydrogen-bond donors (Lipinski definition) is 5. The molecule has 0 bridgehead atoms. The minimum atomic E-state index is -0.917. The van der Waals surface area contributed by atoms with Gasteiger partial charge in [0.15, 0.2) is 5.78 Å². The third-order valence-electron chi connectivity index (χ3n) is 18.3. The smallest absolute Gasteiger partial charge is 0.252 e. The molecule has 0 radical (unpaired) electrons. The summed E-state index contributed by atoms with van der Waals surface area (Å²) in [4.78, 5) is 113. The molecule has 2 aliphatic carbocycles. The minimum absolute atomic E-state index is 0.0433. The van der Waals surface area contributed by atoms with E-state index in [-0.39, 0.29) is 101 Å². The van der Waals surface area contributed by atoms with Crippen LogP contribution in [0.4, 0.5) is 0 Å². The van der Waals surface area contributed by atoms with Gasteiger partial charge < -0.3 is 30.3 Å². The van der Waals surface area contributed by atoms with Crippen molar-refractivity contribution in [1.29, 1.82) is 0 Å². The summed E-state index contributed by atoms with van der Waals surface area (Å²) in [5, 5.41) is 10.1. The van der Waals surface area contributed by atoms with Crippen molar-refractivity contribution in [2.75, 3.05) is 40.9 Å². The van der Waals surface area contributed by atoms with Gasteiger partial charge in [-0.15, -0.1) is 5.53 Å². The van der Waals surface area contributed by atoms with E-state index in [0.29, 0.717) is 58.2 Å². The van der Waals surface area contributed by atoms with Crippen LogP contribution in [0.1, 0.15) is 173 Å². The van der Waals surface area contributed by atoms with Gasteiger partial charge in [-0.25, -0.2) is 0 Å². The van der Waals surface area contributed by atoms with Crippen LogP contribution in [0.25, 0.3) is 0 Å². The van der Waals surface area contributed by atoms with Gasteiger partial charge in [0, 0.05) is 39.6 Å². The Labute approximate surface area is 443 Å². The molecule has 5 N–H and O–H groups in total. The van der Waals surface area contributed by atoms with Crippen LogP contribution in [-0.2, 0) is 47.8 Å². The molecule has 2 aliphatic heterocycles. The number of nitrogens with zero attached hydrogens (tertiary/aromatic N) is 3. The van der Waals surface area contributed by atoms with Gasteiger partial charge in [0.2, 0.25) is 35.4 Å². The summed E-state index contributed by atoms with van der Waals surface area (Å²) in [5.74, 6) is -3.33. The first-order chi connectivity index (χ1) is 34.9. The molecule has 74 heavy (non-hydrogen) atoms. The number of hydrogen-bond acceptors (Lipinski definition) is 12. The fraction of sp³-hybridized carbons (Fsp3) is 0.857. The number of carbonyl (C=O) groups is 8. The first-order valence-electron chi connectivity index (χ1n) is 28.3. The number of likely N-dealkylation sites (tertiary alicyclic amines) is 1. The number of rotatable bonds is 33. The van der Waals surface area contributed by atoms with E-state index >= 15 is 0 Å². The first-order valence-corrected chi connectivity index (χ1v) is 28.3. The molecule has 0 aromatic rings. The molecule has 4 rings (SSSR count). The predicted molar refractivity (Wildman–Crippen MR) is 284 cm³/mol. The Morgan fingerprint density at radius 3 is 2.08 bits per heavy atom. The standard InChI is InChI=1S/C56H98N8O10/c1-17-28-57-52(71)56(32-38(56)19-3)59-49(68)37(12)47(74-16)40-24-22-30-63(40)43(66)31-41(73-15)39(35(10)18-2)27-26-36(11)46(67)44(33(6)7)58-50(69)45(34(8)9)62(14)29-23-25-42(65)60-61-64-51(70)48-54(13,20-4)55(48,21-5)53(64)72/h33-41,44-45,47-48,61H,17-32H2,1-16H3,(H,57,71)(H,58,69)(H,59,68)(H,60,65)/t35-,36?,37+,38-,39-,40-,41+,44-,45-,47+,48?,54?,55?,56-/m0/s1. The number of amides is 7. The number of ketones is 1. The summed E-state index contributed by atoms with van der Waals surface area (Å²) in [6.45, 7) is 27.1. The van der Waals surface area contributed by atoms with E-state index in [0.717, 1.165) is 37.1 Å². The molecule has 0 spiro atoms. The molecule has 0 aromatic heterocycles. The van der Waals surface area contributed by atoms with E-state index in [9.17, 15) is 38.4 Å². The van der Waals surface area contributed by atoms with Gasteiger partial charge in [0.25, 0.3) is 5.91 Å². The summed E-state index contributed by atoms with van der Waals surface area (Å²) >= 11 is 0. The van der Waals surface area contributed by atoms with Crippen LogP contribution in [0.5, 0.6) is 0 Å². The van der Waals surface area contributed by atoms with Crippen molar-refractivity contribution in [3.63, 3.8) is 0 Å². The summed E-state index contributed by atoms with van der Waals surface area (Å²) in [6, 6.07) is -1.65. The first kappa shape index (κ1) is 62.5. The number of Topliss-reactive ketones (excluding diaryl/α,β-unsaturated/α-hetero) is 1. The van der Waals surface area contributed by atoms with Gasteiger partial charge in [-0.2, -0.15) is 5.01 Å². The monoisotopic (exact) mass is 1040 g/mol. The van der Waals surface area contributed by atoms with E-state index in [1.807, 2.05) is 93.0 Å². The fourth-order valence-corrected chi connectivity index (χ4v) is 13.1. The van der Waals surface area contributed by atoms with Crippen molar-refractivity contribution < 1.29 is 47.8 Å². The van der Waals surface area contributed by atoms with E-state index in [4.69, 9.17) is 9.47 Å². The zero-order chi connectivity index (χ0) is 55.6. The number of nitrogens with one attached hydrogen (secondary N) is 5. The Bertz CT molecular complexity index is 1990. The fourth-order valence-electron chi connectivity index (χ4n) is 13.1. The Morgan fingerprint density at radius 1 is 0.878 bits per heavy atom. The Kier molecular flexibility index (Phi) is 22.7. The molecule has 4 aliphatic rings. The second-order valence-corrected chi connectivity index (χ2v) is 23.4. The van der Waals surface area contributed by atoms with Crippen molar-refractivity contribution in [2.45, 2.75) is 209 Å². The van der Waals surface area contributed by atoms with Crippen molar-refractivity contribution >= 4 is 47.1 Å². The Morgan fingerprint density at radius 2 is 1.55 bits per heavy atom. The quantitative estimate of drug-likeness (QED) is 0.0394. The molecule has 7 amide bonds. The lowest BCUT2D eigenvalue weighted by molar-refractivity contribution is -0.151. The molecule has 0 aromatic carbocycles. The molecule has 18 heteroatoms. The van der Waals surface area contributed by atoms with Crippen LogP contribution < -0.4 is 26.9 Å². The van der Waals surface area contributed by atoms with Gasteiger partial charge >= 0.3 is 0 Å². The highest BCUT2D eigenvalue weighted by Crippen LogP contribution is 2.76. The van der Waals surface area contributed by atoms with Crippen molar-refractivity contribution in [3.8, 4) is 0 Å². The van der Waals surface area contributed by atoms with Gasteiger partial charge in [-0.1, -0.05) is 103 Å². The average molecular weight is 1040 g/mol. The Balaban J connectivity index is 1.32. The molecule has 4 fully saturated rings. The van der Waals surface area contributed by atoms with E-state index in [1.54, 1.807) is 14.2 Å². The van der Waals surface area contributed by atoms with Gasteiger partial charge in [0.1, 0.15) is 5.54 Å². The topological polar surface area (TPSA) is 225 Å². The second kappa shape index (κ2) is 26.9. The lowest BCUT2D eigenvalue weighted by atomic mass is 9.79. The van der Waals surface area contributed by atoms with Crippen LogP contribution in [0, 0.1) is 58.2 Å². The number of hydrazine groups is 2. The van der Waals surface area contributed by atoms with E-state index < -0.39 is 53.0 Å². The molecule has 2 saturated carbocycles. The molecule has 14 atom stereocenters. The lowest BCUT2D eigenvalue weighted by Gasteiger charge is -2.36. The van der Waals surface area contributed by atoms with Crippen molar-refractivity contribution in [1.82, 2.24) is 41.7 Å². The van der Waals surface area contributed by atoms with Crippen LogP contribution in [0.3, 0.4) is 0 Å². The average Bonchev–Trinajstić information content (AvgIpc) is 4.08. The minimum Gasteiger partial charge on any atom is -0.381 e. The molecule has 2 saturated heterocycles. The molecule has 4 unspecified atom stereocenters. The van der Waals surface area contributed by atoms with Crippen LogP contribution in [-0.4, -0.2) is 139 Å². The molecule has 2 heterocycles. The maximum Gasteiger partial charge on any atom is 0.252 e. The highest BCUT2D eigenvalue weighted by Gasteiger charge is 2.84. The van der Waals surface area contributed by atoms with E-state index in [1.165, 1.54) is 0 Å². The number of likely N-dealkylation sites (N-methyl/N-ethyl adjacent to an activating group) is 1. The SMILES string of the molecule is CCCNC(=O)[C@]1(NC(=O)[C@H](C)[C@@H](OC)[C@@H]2CCCN2C(=O)C[C@@H](OC)[C@@H](CCC(C)C(=O)[C@@H](NC(=O)[C@H](C(C)C)N(C)CCCC(=O)NNN2C(=O)C3C(C)(CC)C3(CC)C2=O)C(C)C)[C@@H](C)CC)C[C@@H]1CC. The van der Waals surface area contributed by atoms with Crippen LogP contribution >= 0.6 is 0 Å². The number of ether oxygens (including phenoxy) is 2. The molecule has 18 nitrogen and oxygen atoms in total. The highest BCUT2D eigenvalue weighted by molar-refractivity contribution is 6.12. The van der Waals surface area contributed by atoms with Crippen molar-refractivity contribution in [3.05, 3.63) is 0 Å². The van der Waals surface area contributed by atoms with Crippen LogP contribution in [0.15, 0.2) is 0 Å². The number of imide groups is 1. The summed E-state index contributed by atoms with van der Waals surface area (Å²) in [7, 11) is 5.03.